The summed E-state index contributed by atoms with van der Waals surface area (Å²) in [5, 5.41) is 7.31. The maximum Gasteiger partial charge on any atom is 2.00 e. The molecule has 0 N–H and O–H groups in total. The summed E-state index contributed by atoms with van der Waals surface area (Å²) in [6.45, 7) is 13.0. The molecule has 0 spiro atoms. The molecule has 5 nitrogen and oxygen atoms in total. The van der Waals surface area contributed by atoms with Crippen molar-refractivity contribution in [2.45, 2.75) is 67.2 Å². The second-order valence-corrected chi connectivity index (χ2v) is 13.3. The van der Waals surface area contributed by atoms with E-state index in [-0.39, 0.29) is 21.1 Å². The minimum Gasteiger partial charge on any atom is -0.509 e. The van der Waals surface area contributed by atoms with Gasteiger partial charge >= 0.3 is 21.1 Å². The summed E-state index contributed by atoms with van der Waals surface area (Å²) >= 11 is 0. The zero-order chi connectivity index (χ0) is 33.4. The Balaban J connectivity index is 0.00000417. The van der Waals surface area contributed by atoms with Crippen LogP contribution in [0.4, 0.5) is 0 Å². The van der Waals surface area contributed by atoms with Crippen molar-refractivity contribution in [2.24, 2.45) is 5.92 Å². The molecule has 0 amide bonds. The summed E-state index contributed by atoms with van der Waals surface area (Å²) in [6.07, 6.45) is 6.06. The molecule has 49 heavy (non-hydrogen) atoms. The van der Waals surface area contributed by atoms with Crippen LogP contribution in [0.5, 0.6) is 11.5 Å². The smallest absolute Gasteiger partial charge is 0.509 e. The fourth-order valence-corrected chi connectivity index (χ4v) is 6.81. The van der Waals surface area contributed by atoms with Gasteiger partial charge in [0, 0.05) is 34.5 Å². The first-order chi connectivity index (χ1) is 23.3. The summed E-state index contributed by atoms with van der Waals surface area (Å²) in [5.41, 5.74) is 11.0. The zero-order valence-corrected chi connectivity index (χ0v) is 31.4. The van der Waals surface area contributed by atoms with E-state index in [2.05, 4.69) is 125 Å². The number of pyridine rings is 1. The van der Waals surface area contributed by atoms with Crippen LogP contribution >= 0.6 is 0 Å². The van der Waals surface area contributed by atoms with Gasteiger partial charge in [0.05, 0.1) is 5.69 Å². The van der Waals surface area contributed by atoms with Gasteiger partial charge in [-0.25, -0.2) is 4.98 Å². The molecular formula is C43H42N4OPt. The van der Waals surface area contributed by atoms with Gasteiger partial charge in [-0.3, -0.25) is 4.68 Å². The zero-order valence-electron chi connectivity index (χ0n) is 29.1. The Kier molecular flexibility index (Phi) is 10.2. The largest absolute Gasteiger partial charge is 2.00 e. The molecule has 0 aliphatic rings. The second kappa shape index (κ2) is 14.6. The molecule has 0 atom stereocenters. The molecule has 0 radical (unpaired) electrons. The number of fused-ring (bicyclic) bond motifs is 3. The van der Waals surface area contributed by atoms with Crippen molar-refractivity contribution in [1.82, 2.24) is 19.3 Å². The molecule has 7 rings (SSSR count). The molecule has 4 aromatic carbocycles. The minimum atomic E-state index is 0. The Bertz CT molecular complexity index is 2250. The monoisotopic (exact) mass is 825 g/mol. The average Bonchev–Trinajstić information content (AvgIpc) is 3.55. The van der Waals surface area contributed by atoms with Crippen molar-refractivity contribution in [3.8, 4) is 34.1 Å². The van der Waals surface area contributed by atoms with Crippen LogP contribution in [-0.2, 0) is 33.9 Å². The van der Waals surface area contributed by atoms with Gasteiger partial charge in [-0.15, -0.1) is 35.7 Å². The molecule has 0 saturated carbocycles. The molecule has 0 fully saturated rings. The fourth-order valence-electron chi connectivity index (χ4n) is 6.81. The molecule has 250 valence electrons. The summed E-state index contributed by atoms with van der Waals surface area (Å²) < 4.78 is 10.8. The third-order valence-electron chi connectivity index (χ3n) is 9.00. The second-order valence-electron chi connectivity index (χ2n) is 13.3. The van der Waals surface area contributed by atoms with E-state index < -0.39 is 0 Å². The van der Waals surface area contributed by atoms with E-state index in [9.17, 15) is 0 Å². The van der Waals surface area contributed by atoms with Crippen molar-refractivity contribution >= 4 is 21.8 Å². The predicted molar refractivity (Wildman–Crippen MR) is 197 cm³/mol. The van der Waals surface area contributed by atoms with Gasteiger partial charge in [0.15, 0.2) is 0 Å². The van der Waals surface area contributed by atoms with Crippen LogP contribution in [0, 0.1) is 38.8 Å². The SMILES string of the molecule is CCCCc1cc(Oc2[c-]c3c(cc2)c2cc(CC(C)C)ccc2n3-c2cc(C)ccn2)[c-]c(-n2nc(C)c(-c3ccccc3)c2C)c1.[Pt+2]. The molecule has 7 aromatic rings. The summed E-state index contributed by atoms with van der Waals surface area (Å²) in [5.74, 6) is 2.73. The van der Waals surface area contributed by atoms with E-state index in [1.54, 1.807) is 0 Å². The van der Waals surface area contributed by atoms with Crippen LogP contribution in [0.3, 0.4) is 0 Å². The van der Waals surface area contributed by atoms with Gasteiger partial charge in [0.1, 0.15) is 5.82 Å². The van der Waals surface area contributed by atoms with Crippen LogP contribution in [0.15, 0.2) is 91.1 Å². The average molecular weight is 826 g/mol. The molecule has 0 saturated heterocycles. The van der Waals surface area contributed by atoms with Crippen molar-refractivity contribution in [3.05, 3.63) is 131 Å². The molecule has 0 aliphatic carbocycles. The van der Waals surface area contributed by atoms with Crippen LogP contribution in [-0.4, -0.2) is 19.3 Å². The molecule has 0 unspecified atom stereocenters. The van der Waals surface area contributed by atoms with Gasteiger partial charge < -0.3 is 9.30 Å². The van der Waals surface area contributed by atoms with E-state index in [0.29, 0.717) is 17.4 Å². The predicted octanol–water partition coefficient (Wildman–Crippen LogP) is 10.9. The number of nitrogens with zero attached hydrogens (tertiary/aromatic N) is 4. The number of aromatic nitrogens is 4. The van der Waals surface area contributed by atoms with Crippen LogP contribution in [0.25, 0.3) is 44.4 Å². The van der Waals surface area contributed by atoms with E-state index in [0.717, 1.165) is 81.7 Å². The van der Waals surface area contributed by atoms with Crippen LogP contribution in [0.2, 0.25) is 0 Å². The Morgan fingerprint density at radius 1 is 0.816 bits per heavy atom. The van der Waals surface area contributed by atoms with Gasteiger partial charge in [-0.1, -0.05) is 88.0 Å². The first kappa shape index (κ1) is 34.4. The van der Waals surface area contributed by atoms with Gasteiger partial charge in [-0.05, 0) is 79.1 Å². The summed E-state index contributed by atoms with van der Waals surface area (Å²) in [7, 11) is 0. The maximum absolute atomic E-state index is 6.63. The van der Waals surface area contributed by atoms with Crippen molar-refractivity contribution < 1.29 is 25.8 Å². The maximum atomic E-state index is 6.63. The molecule has 0 aliphatic heterocycles. The summed E-state index contributed by atoms with van der Waals surface area (Å²) in [4.78, 5) is 4.78. The topological polar surface area (TPSA) is 44.9 Å². The fraction of sp³-hybridized carbons (Fsp3) is 0.256. The summed E-state index contributed by atoms with van der Waals surface area (Å²) in [6, 6.07) is 37.1. The molecule has 0 bridgehead atoms. The van der Waals surface area contributed by atoms with E-state index >= 15 is 0 Å². The van der Waals surface area contributed by atoms with E-state index in [1.807, 2.05) is 29.1 Å². The molecule has 6 heteroatoms. The van der Waals surface area contributed by atoms with Crippen molar-refractivity contribution in [2.75, 3.05) is 0 Å². The molecule has 3 heterocycles. The van der Waals surface area contributed by atoms with E-state index in [4.69, 9.17) is 14.8 Å². The third-order valence-corrected chi connectivity index (χ3v) is 9.00. The number of rotatable bonds is 10. The molecular weight excluding hydrogens is 784 g/mol. The Labute approximate surface area is 304 Å². The van der Waals surface area contributed by atoms with Crippen LogP contribution < -0.4 is 4.74 Å². The van der Waals surface area contributed by atoms with Crippen LogP contribution in [0.1, 0.15) is 61.7 Å². The first-order valence-corrected chi connectivity index (χ1v) is 17.1. The standard InChI is InChI=1S/C43H42N4O.Pt/c1-7-8-12-32-23-35(47-31(6)43(30(5)45-47)34-13-10-9-11-14-34)26-37(24-32)48-36-16-17-38-39-25-33(21-28(2)3)15-18-40(39)46(41(38)27-36)42-22-29(4)19-20-44-42;/h9-11,13-20,22-25,28H,7-8,12,21H2,1-6H3;/q-2;+2. The Morgan fingerprint density at radius 3 is 2.39 bits per heavy atom. The quantitative estimate of drug-likeness (QED) is 0.129. The van der Waals surface area contributed by atoms with Gasteiger partial charge in [0.2, 0.25) is 0 Å². The van der Waals surface area contributed by atoms with Crippen molar-refractivity contribution in [1.29, 1.82) is 0 Å². The normalized spacial score (nSPS) is 11.4. The minimum absolute atomic E-state index is 0. The molecule has 3 aromatic heterocycles. The number of unbranched alkanes of at least 4 members (excludes halogenated alkanes) is 1. The number of aryl methyl sites for hydroxylation is 3. The number of hydrogen-bond donors (Lipinski definition) is 0. The number of hydrogen-bond acceptors (Lipinski definition) is 3. The Morgan fingerprint density at radius 2 is 1.63 bits per heavy atom. The third kappa shape index (κ3) is 7.00. The Hall–Kier alpha value is -4.47. The number of benzene rings is 4. The van der Waals surface area contributed by atoms with Gasteiger partial charge in [-0.2, -0.15) is 16.7 Å². The van der Waals surface area contributed by atoms with Gasteiger partial charge in [0.25, 0.3) is 0 Å². The van der Waals surface area contributed by atoms with Crippen molar-refractivity contribution in [3.63, 3.8) is 0 Å². The number of ether oxygens (including phenoxy) is 1. The first-order valence-electron chi connectivity index (χ1n) is 17.1. The van der Waals surface area contributed by atoms with E-state index in [1.165, 1.54) is 16.5 Å².